The van der Waals surface area contributed by atoms with Crippen LogP contribution >= 0.6 is 0 Å². The lowest BCUT2D eigenvalue weighted by Crippen LogP contribution is -2.33. The SMILES string of the molecule is CCC(CC)C(=O)NCCCN1CCOC1=O. The Kier molecular flexibility index (Phi) is 5.80. The van der Waals surface area contributed by atoms with E-state index >= 15 is 0 Å². The summed E-state index contributed by atoms with van der Waals surface area (Å²) in [5.41, 5.74) is 0. The summed E-state index contributed by atoms with van der Waals surface area (Å²) in [7, 11) is 0. The predicted octanol–water partition coefficient (Wildman–Crippen LogP) is 1.38. The molecule has 5 heteroatoms. The lowest BCUT2D eigenvalue weighted by molar-refractivity contribution is -0.125. The Morgan fingerprint density at radius 2 is 2.18 bits per heavy atom. The molecule has 17 heavy (non-hydrogen) atoms. The van der Waals surface area contributed by atoms with E-state index in [1.54, 1.807) is 4.90 Å². The molecule has 0 aromatic heterocycles. The smallest absolute Gasteiger partial charge is 0.409 e. The van der Waals surface area contributed by atoms with Crippen LogP contribution < -0.4 is 5.32 Å². The van der Waals surface area contributed by atoms with Crippen LogP contribution in [0.25, 0.3) is 0 Å². The number of nitrogens with zero attached hydrogens (tertiary/aromatic N) is 1. The summed E-state index contributed by atoms with van der Waals surface area (Å²) in [4.78, 5) is 24.4. The minimum atomic E-state index is -0.240. The van der Waals surface area contributed by atoms with Crippen molar-refractivity contribution >= 4 is 12.0 Å². The minimum Gasteiger partial charge on any atom is -0.448 e. The Balaban J connectivity index is 2.11. The summed E-state index contributed by atoms with van der Waals surface area (Å²) in [5.74, 6) is 0.241. The highest BCUT2D eigenvalue weighted by Gasteiger charge is 2.21. The summed E-state index contributed by atoms with van der Waals surface area (Å²) in [5, 5.41) is 2.91. The lowest BCUT2D eigenvalue weighted by Gasteiger charge is -2.15. The van der Waals surface area contributed by atoms with Gasteiger partial charge in [-0.15, -0.1) is 0 Å². The highest BCUT2D eigenvalue weighted by molar-refractivity contribution is 5.78. The largest absolute Gasteiger partial charge is 0.448 e. The maximum Gasteiger partial charge on any atom is 0.409 e. The summed E-state index contributed by atoms with van der Waals surface area (Å²) in [6, 6.07) is 0. The number of amides is 2. The third kappa shape index (κ3) is 4.24. The van der Waals surface area contributed by atoms with Crippen molar-refractivity contribution in [3.8, 4) is 0 Å². The van der Waals surface area contributed by atoms with E-state index < -0.39 is 0 Å². The second kappa shape index (κ2) is 7.14. The first-order valence-corrected chi connectivity index (χ1v) is 6.38. The first-order chi connectivity index (χ1) is 8.19. The molecule has 0 spiro atoms. The minimum absolute atomic E-state index is 0.117. The van der Waals surface area contributed by atoms with Crippen LogP contribution in [0.3, 0.4) is 0 Å². The average Bonchev–Trinajstić information content (AvgIpc) is 2.72. The van der Waals surface area contributed by atoms with Gasteiger partial charge in [0.2, 0.25) is 5.91 Å². The van der Waals surface area contributed by atoms with Crippen molar-refractivity contribution in [3.63, 3.8) is 0 Å². The molecule has 2 amide bonds. The molecule has 0 aromatic rings. The van der Waals surface area contributed by atoms with E-state index in [0.717, 1.165) is 19.3 Å². The molecule has 0 unspecified atom stereocenters. The van der Waals surface area contributed by atoms with Crippen molar-refractivity contribution in [1.29, 1.82) is 0 Å². The topological polar surface area (TPSA) is 58.6 Å². The molecular weight excluding hydrogens is 220 g/mol. The Labute approximate surface area is 102 Å². The third-order valence-corrected chi connectivity index (χ3v) is 3.11. The molecule has 0 saturated carbocycles. The van der Waals surface area contributed by atoms with Gasteiger partial charge in [0.05, 0.1) is 6.54 Å². The highest BCUT2D eigenvalue weighted by atomic mass is 16.6. The molecule has 0 atom stereocenters. The number of hydrogen-bond acceptors (Lipinski definition) is 3. The van der Waals surface area contributed by atoms with Crippen LogP contribution in [0.1, 0.15) is 33.1 Å². The summed E-state index contributed by atoms with van der Waals surface area (Å²) in [6.07, 6.45) is 2.29. The van der Waals surface area contributed by atoms with E-state index in [0.29, 0.717) is 26.2 Å². The van der Waals surface area contributed by atoms with Crippen LogP contribution in [-0.2, 0) is 9.53 Å². The summed E-state index contributed by atoms with van der Waals surface area (Å²) < 4.78 is 4.82. The van der Waals surface area contributed by atoms with Crippen LogP contribution in [0.2, 0.25) is 0 Å². The van der Waals surface area contributed by atoms with E-state index in [1.807, 2.05) is 13.8 Å². The van der Waals surface area contributed by atoms with E-state index in [2.05, 4.69) is 5.32 Å². The normalized spacial score (nSPS) is 15.2. The molecule has 1 rings (SSSR count). The summed E-state index contributed by atoms with van der Waals surface area (Å²) >= 11 is 0. The van der Waals surface area contributed by atoms with Gasteiger partial charge in [0.1, 0.15) is 6.61 Å². The van der Waals surface area contributed by atoms with Gasteiger partial charge in [0.15, 0.2) is 0 Å². The molecular formula is C12H22N2O3. The van der Waals surface area contributed by atoms with Gasteiger partial charge in [-0.05, 0) is 19.3 Å². The number of nitrogens with one attached hydrogen (secondary N) is 1. The number of carbonyl (C=O) groups excluding carboxylic acids is 2. The molecule has 1 aliphatic rings. The van der Waals surface area contributed by atoms with Gasteiger partial charge in [0, 0.05) is 19.0 Å². The van der Waals surface area contributed by atoms with Gasteiger partial charge in [-0.2, -0.15) is 0 Å². The van der Waals surface area contributed by atoms with Crippen molar-refractivity contribution in [2.45, 2.75) is 33.1 Å². The Hall–Kier alpha value is -1.26. The zero-order chi connectivity index (χ0) is 12.7. The van der Waals surface area contributed by atoms with E-state index in [1.165, 1.54) is 0 Å². The standard InChI is InChI=1S/C12H22N2O3/c1-3-10(4-2)11(15)13-6-5-7-14-8-9-17-12(14)16/h10H,3-9H2,1-2H3,(H,13,15). The number of hydrogen-bond donors (Lipinski definition) is 1. The van der Waals surface area contributed by atoms with Crippen molar-refractivity contribution in [1.82, 2.24) is 10.2 Å². The second-order valence-corrected chi connectivity index (χ2v) is 4.26. The number of carbonyl (C=O) groups is 2. The van der Waals surface area contributed by atoms with Crippen molar-refractivity contribution in [3.05, 3.63) is 0 Å². The van der Waals surface area contributed by atoms with Crippen LogP contribution in [0, 0.1) is 5.92 Å². The number of cyclic esters (lactones) is 1. The fourth-order valence-electron chi connectivity index (χ4n) is 1.91. The van der Waals surface area contributed by atoms with Crippen LogP contribution in [0.4, 0.5) is 4.79 Å². The fraction of sp³-hybridized carbons (Fsp3) is 0.833. The van der Waals surface area contributed by atoms with E-state index in [-0.39, 0.29) is 17.9 Å². The third-order valence-electron chi connectivity index (χ3n) is 3.11. The first kappa shape index (κ1) is 13.8. The van der Waals surface area contributed by atoms with Crippen LogP contribution in [0.5, 0.6) is 0 Å². The van der Waals surface area contributed by atoms with Crippen molar-refractivity contribution in [2.75, 3.05) is 26.2 Å². The number of ether oxygens (including phenoxy) is 1. The Morgan fingerprint density at radius 3 is 2.71 bits per heavy atom. The molecule has 1 heterocycles. The van der Waals surface area contributed by atoms with Gasteiger partial charge in [-0.3, -0.25) is 4.79 Å². The zero-order valence-corrected chi connectivity index (χ0v) is 10.7. The summed E-state index contributed by atoms with van der Waals surface area (Å²) in [6.45, 7) is 6.47. The second-order valence-electron chi connectivity index (χ2n) is 4.26. The fourth-order valence-corrected chi connectivity index (χ4v) is 1.91. The molecule has 0 radical (unpaired) electrons. The zero-order valence-electron chi connectivity index (χ0n) is 10.7. The molecule has 1 saturated heterocycles. The molecule has 0 bridgehead atoms. The average molecular weight is 242 g/mol. The molecule has 1 aliphatic heterocycles. The van der Waals surface area contributed by atoms with Gasteiger partial charge >= 0.3 is 6.09 Å². The van der Waals surface area contributed by atoms with Crippen molar-refractivity contribution < 1.29 is 14.3 Å². The maximum absolute atomic E-state index is 11.6. The maximum atomic E-state index is 11.6. The van der Waals surface area contributed by atoms with Gasteiger partial charge in [0.25, 0.3) is 0 Å². The van der Waals surface area contributed by atoms with Crippen LogP contribution in [0.15, 0.2) is 0 Å². The highest BCUT2D eigenvalue weighted by Crippen LogP contribution is 2.07. The first-order valence-electron chi connectivity index (χ1n) is 6.38. The number of rotatable bonds is 7. The molecule has 5 nitrogen and oxygen atoms in total. The van der Waals surface area contributed by atoms with Gasteiger partial charge < -0.3 is 15.0 Å². The lowest BCUT2D eigenvalue weighted by atomic mass is 10.0. The quantitative estimate of drug-likeness (QED) is 0.686. The van der Waals surface area contributed by atoms with Crippen LogP contribution in [-0.4, -0.2) is 43.1 Å². The van der Waals surface area contributed by atoms with Gasteiger partial charge in [-0.25, -0.2) is 4.79 Å². The Bertz CT molecular complexity index is 264. The van der Waals surface area contributed by atoms with Crippen molar-refractivity contribution in [2.24, 2.45) is 5.92 Å². The van der Waals surface area contributed by atoms with Gasteiger partial charge in [-0.1, -0.05) is 13.8 Å². The van der Waals surface area contributed by atoms with E-state index in [9.17, 15) is 9.59 Å². The predicted molar refractivity (Wildman–Crippen MR) is 64.6 cm³/mol. The van der Waals surface area contributed by atoms with E-state index in [4.69, 9.17) is 4.74 Å². The molecule has 1 N–H and O–H groups in total. The monoisotopic (exact) mass is 242 g/mol. The molecule has 98 valence electrons. The molecule has 0 aliphatic carbocycles. The molecule has 0 aromatic carbocycles. The Morgan fingerprint density at radius 1 is 1.47 bits per heavy atom. The molecule has 1 fully saturated rings.